The third-order valence-electron chi connectivity index (χ3n) is 5.02. The first kappa shape index (κ1) is 18.1. The van der Waals surface area contributed by atoms with Crippen molar-refractivity contribution in [1.29, 1.82) is 0 Å². The minimum Gasteiger partial charge on any atom is -0.497 e. The summed E-state index contributed by atoms with van der Waals surface area (Å²) in [5, 5.41) is 10.9. The second-order valence-electron chi connectivity index (χ2n) is 7.00. The van der Waals surface area contributed by atoms with Gasteiger partial charge in [-0.3, -0.25) is 4.79 Å². The molecule has 1 aromatic carbocycles. The molecular weight excluding hydrogens is 330 g/mol. The molecule has 25 heavy (non-hydrogen) atoms. The Labute approximate surface area is 146 Å². The van der Waals surface area contributed by atoms with Gasteiger partial charge in [0, 0.05) is 25.2 Å². The molecule has 138 valence electrons. The average Bonchev–Trinajstić information content (AvgIpc) is 3.06. The third kappa shape index (κ3) is 3.93. The van der Waals surface area contributed by atoms with Crippen molar-refractivity contribution in [3.8, 4) is 5.75 Å². The van der Waals surface area contributed by atoms with Crippen molar-refractivity contribution < 1.29 is 23.4 Å². The maximum atomic E-state index is 14.2. The van der Waals surface area contributed by atoms with Crippen LogP contribution >= 0.6 is 0 Å². The smallest absolute Gasteiger partial charge is 0.259 e. The Morgan fingerprint density at radius 1 is 1.20 bits per heavy atom. The first-order chi connectivity index (χ1) is 11.9. The number of aliphatic hydroxyl groups is 1. The van der Waals surface area contributed by atoms with Gasteiger partial charge < -0.3 is 19.6 Å². The van der Waals surface area contributed by atoms with Crippen LogP contribution in [0.3, 0.4) is 0 Å². The Hall–Kier alpha value is -1.73. The van der Waals surface area contributed by atoms with Crippen molar-refractivity contribution in [2.45, 2.75) is 31.3 Å². The van der Waals surface area contributed by atoms with Crippen molar-refractivity contribution >= 4 is 5.91 Å². The molecule has 7 heteroatoms. The Kier molecular flexibility index (Phi) is 5.24. The summed E-state index contributed by atoms with van der Waals surface area (Å²) in [4.78, 5) is 16.2. The molecule has 0 spiro atoms. The highest BCUT2D eigenvalue weighted by atomic mass is 19.1. The fraction of sp³-hybridized carbons (Fsp3) is 0.611. The highest BCUT2D eigenvalue weighted by molar-refractivity contribution is 5.95. The van der Waals surface area contributed by atoms with E-state index in [0.717, 1.165) is 38.1 Å². The zero-order valence-corrected chi connectivity index (χ0v) is 14.4. The van der Waals surface area contributed by atoms with Crippen molar-refractivity contribution in [2.75, 3.05) is 39.8 Å². The number of carbonyl (C=O) groups excluding carboxylic acids is 1. The van der Waals surface area contributed by atoms with Crippen LogP contribution in [0.2, 0.25) is 0 Å². The topological polar surface area (TPSA) is 53.0 Å². The van der Waals surface area contributed by atoms with E-state index in [4.69, 9.17) is 4.74 Å². The summed E-state index contributed by atoms with van der Waals surface area (Å²) >= 11 is 0. The van der Waals surface area contributed by atoms with Gasteiger partial charge in [0.15, 0.2) is 0 Å². The molecule has 1 atom stereocenters. The van der Waals surface area contributed by atoms with Crippen LogP contribution in [0, 0.1) is 11.6 Å². The van der Waals surface area contributed by atoms with Gasteiger partial charge in [-0.15, -0.1) is 0 Å². The number of methoxy groups -OCH3 is 1. The number of hydrogen-bond acceptors (Lipinski definition) is 4. The molecule has 2 aliphatic heterocycles. The lowest BCUT2D eigenvalue weighted by atomic mass is 9.91. The maximum Gasteiger partial charge on any atom is 0.259 e. The van der Waals surface area contributed by atoms with E-state index in [0.29, 0.717) is 25.9 Å². The molecule has 2 aliphatic rings. The number of likely N-dealkylation sites (tertiary alicyclic amines) is 2. The van der Waals surface area contributed by atoms with E-state index < -0.39 is 28.7 Å². The molecule has 0 saturated carbocycles. The van der Waals surface area contributed by atoms with Gasteiger partial charge in [-0.05, 0) is 38.8 Å². The molecule has 0 aromatic heterocycles. The Morgan fingerprint density at radius 3 is 2.44 bits per heavy atom. The van der Waals surface area contributed by atoms with E-state index in [-0.39, 0.29) is 12.3 Å². The second kappa shape index (κ2) is 7.25. The van der Waals surface area contributed by atoms with E-state index in [1.54, 1.807) is 0 Å². The van der Waals surface area contributed by atoms with Gasteiger partial charge in [0.1, 0.15) is 22.9 Å². The van der Waals surface area contributed by atoms with Crippen molar-refractivity contribution in [3.05, 3.63) is 29.3 Å². The van der Waals surface area contributed by atoms with Crippen LogP contribution < -0.4 is 4.74 Å². The maximum absolute atomic E-state index is 14.2. The number of ether oxygens (including phenoxy) is 1. The SMILES string of the molecule is COc1cc(F)c(C(=O)N2CCC[C@](O)(CN3CCCC3)C2)c(F)c1. The Morgan fingerprint density at radius 2 is 1.84 bits per heavy atom. The molecule has 1 amide bonds. The van der Waals surface area contributed by atoms with E-state index in [9.17, 15) is 18.7 Å². The number of carbonyl (C=O) groups is 1. The van der Waals surface area contributed by atoms with E-state index >= 15 is 0 Å². The molecular formula is C18H24F2N2O3. The minimum absolute atomic E-state index is 0.0238. The van der Waals surface area contributed by atoms with Gasteiger partial charge >= 0.3 is 0 Å². The van der Waals surface area contributed by atoms with Gasteiger partial charge in [0.05, 0.1) is 19.3 Å². The summed E-state index contributed by atoms with van der Waals surface area (Å²) < 4.78 is 33.2. The summed E-state index contributed by atoms with van der Waals surface area (Å²) in [6, 6.07) is 1.99. The van der Waals surface area contributed by atoms with Crippen molar-refractivity contribution in [1.82, 2.24) is 9.80 Å². The fourth-order valence-corrected chi connectivity index (χ4v) is 3.80. The highest BCUT2D eigenvalue weighted by Gasteiger charge is 2.38. The van der Waals surface area contributed by atoms with Gasteiger partial charge in [0.2, 0.25) is 0 Å². The van der Waals surface area contributed by atoms with Crippen molar-refractivity contribution in [3.63, 3.8) is 0 Å². The lowest BCUT2D eigenvalue weighted by Crippen LogP contribution is -2.55. The van der Waals surface area contributed by atoms with Gasteiger partial charge in [-0.2, -0.15) is 0 Å². The number of hydrogen-bond donors (Lipinski definition) is 1. The van der Waals surface area contributed by atoms with Crippen LogP contribution in [0.15, 0.2) is 12.1 Å². The predicted octanol–water partition coefficient (Wildman–Crippen LogP) is 2.04. The molecule has 0 bridgehead atoms. The number of benzene rings is 1. The number of piperidine rings is 1. The summed E-state index contributed by atoms with van der Waals surface area (Å²) in [7, 11) is 1.30. The zero-order chi connectivity index (χ0) is 18.0. The lowest BCUT2D eigenvalue weighted by molar-refractivity contribution is -0.0433. The first-order valence-corrected chi connectivity index (χ1v) is 8.69. The third-order valence-corrected chi connectivity index (χ3v) is 5.02. The molecule has 5 nitrogen and oxygen atoms in total. The van der Waals surface area contributed by atoms with Crippen molar-refractivity contribution in [2.24, 2.45) is 0 Å². The summed E-state index contributed by atoms with van der Waals surface area (Å²) in [6.45, 7) is 2.85. The summed E-state index contributed by atoms with van der Waals surface area (Å²) in [6.07, 6.45) is 3.42. The molecule has 0 aliphatic carbocycles. The van der Waals surface area contributed by atoms with Gasteiger partial charge in [-0.1, -0.05) is 0 Å². The molecule has 2 fully saturated rings. The fourth-order valence-electron chi connectivity index (χ4n) is 3.80. The Balaban J connectivity index is 1.76. The van der Waals surface area contributed by atoms with Crippen LogP contribution in [0.5, 0.6) is 5.75 Å². The standard InChI is InChI=1S/C18H24F2N2O3/c1-25-13-9-14(19)16(15(20)10-13)17(23)22-8-4-5-18(24,12-22)11-21-6-2-3-7-21/h9-10,24H,2-8,11-12H2,1H3/t18-/m0/s1. The number of rotatable bonds is 4. The molecule has 0 unspecified atom stereocenters. The number of β-amino-alcohol motifs (C(OH)–C–C–N with tert-alkyl or cyclic N) is 1. The van der Waals surface area contributed by atoms with Gasteiger partial charge in [0.25, 0.3) is 5.91 Å². The second-order valence-corrected chi connectivity index (χ2v) is 7.00. The highest BCUT2D eigenvalue weighted by Crippen LogP contribution is 2.27. The molecule has 1 N–H and O–H groups in total. The molecule has 3 rings (SSSR count). The normalized spacial score (nSPS) is 24.6. The first-order valence-electron chi connectivity index (χ1n) is 8.69. The van der Waals surface area contributed by atoms with E-state index in [2.05, 4.69) is 4.90 Å². The Bertz CT molecular complexity index is 626. The van der Waals surface area contributed by atoms with Crippen LogP contribution in [0.1, 0.15) is 36.0 Å². The predicted molar refractivity (Wildman–Crippen MR) is 88.7 cm³/mol. The number of amides is 1. The van der Waals surface area contributed by atoms with Crippen LogP contribution in [-0.2, 0) is 0 Å². The van der Waals surface area contributed by atoms with Crippen LogP contribution in [-0.4, -0.2) is 66.2 Å². The number of halogens is 2. The quantitative estimate of drug-likeness (QED) is 0.899. The van der Waals surface area contributed by atoms with Gasteiger partial charge in [-0.25, -0.2) is 8.78 Å². The van der Waals surface area contributed by atoms with Crippen LogP contribution in [0.4, 0.5) is 8.78 Å². The minimum atomic E-state index is -1.03. The molecule has 2 saturated heterocycles. The average molecular weight is 354 g/mol. The summed E-state index contributed by atoms with van der Waals surface area (Å²) in [5.41, 5.74) is -1.62. The monoisotopic (exact) mass is 354 g/mol. The molecule has 1 aromatic rings. The zero-order valence-electron chi connectivity index (χ0n) is 14.4. The largest absolute Gasteiger partial charge is 0.497 e. The van der Waals surface area contributed by atoms with E-state index in [1.165, 1.54) is 12.0 Å². The summed E-state index contributed by atoms with van der Waals surface area (Å²) in [5.74, 6) is -2.60. The lowest BCUT2D eigenvalue weighted by Gasteiger charge is -2.41. The van der Waals surface area contributed by atoms with E-state index in [1.807, 2.05) is 0 Å². The van der Waals surface area contributed by atoms with Crippen LogP contribution in [0.25, 0.3) is 0 Å². The molecule has 2 heterocycles. The molecule has 0 radical (unpaired) electrons. The number of nitrogens with zero attached hydrogens (tertiary/aromatic N) is 2.